The maximum Gasteiger partial charge on any atom is 0.262 e. The van der Waals surface area contributed by atoms with E-state index in [2.05, 4.69) is 5.32 Å². The molecule has 4 aromatic rings. The third kappa shape index (κ3) is 3.96. The first-order valence-electron chi connectivity index (χ1n) is 9.64. The van der Waals surface area contributed by atoms with E-state index in [0.29, 0.717) is 28.0 Å². The van der Waals surface area contributed by atoms with Gasteiger partial charge in [0, 0.05) is 11.8 Å². The highest BCUT2D eigenvalue weighted by atomic mass is 16.5. The zero-order valence-electron chi connectivity index (χ0n) is 16.8. The summed E-state index contributed by atoms with van der Waals surface area (Å²) < 4.78 is 11.5. The average molecular weight is 399 g/mol. The van der Waals surface area contributed by atoms with Crippen LogP contribution in [0, 0.1) is 13.8 Å². The summed E-state index contributed by atoms with van der Waals surface area (Å²) in [6.45, 7) is 3.55. The summed E-state index contributed by atoms with van der Waals surface area (Å²) in [7, 11) is 0. The second-order valence-electron chi connectivity index (χ2n) is 7.04. The molecule has 0 aliphatic heterocycles. The Morgan fingerprint density at radius 1 is 0.967 bits per heavy atom. The predicted molar refractivity (Wildman–Crippen MR) is 118 cm³/mol. The highest BCUT2D eigenvalue weighted by Crippen LogP contribution is 2.26. The van der Waals surface area contributed by atoms with Gasteiger partial charge in [-0.25, -0.2) is 0 Å². The Morgan fingerprint density at radius 3 is 2.47 bits per heavy atom. The molecule has 0 fully saturated rings. The molecule has 30 heavy (non-hydrogen) atoms. The van der Waals surface area contributed by atoms with Gasteiger partial charge >= 0.3 is 0 Å². The first kappa shape index (κ1) is 19.5. The van der Waals surface area contributed by atoms with Gasteiger partial charge in [0.15, 0.2) is 6.61 Å². The van der Waals surface area contributed by atoms with Gasteiger partial charge in [0.05, 0.1) is 10.9 Å². The Labute approximate surface area is 173 Å². The molecule has 5 nitrogen and oxygen atoms in total. The Bertz CT molecular complexity index is 1280. The van der Waals surface area contributed by atoms with Gasteiger partial charge in [0.1, 0.15) is 17.1 Å². The molecule has 3 aromatic carbocycles. The molecule has 0 saturated heterocycles. The lowest BCUT2D eigenvalue weighted by molar-refractivity contribution is -0.118. The van der Waals surface area contributed by atoms with Gasteiger partial charge in [-0.15, -0.1) is 0 Å². The van der Waals surface area contributed by atoms with E-state index in [4.69, 9.17) is 9.15 Å². The highest BCUT2D eigenvalue weighted by molar-refractivity contribution is 5.92. The number of para-hydroxylation sites is 1. The standard InChI is InChI=1S/C25H21NO4/c1-16-8-6-7-11-21(16)26-23(27)15-29-19-12-13-20-22(14-19)30-17(2)24(25(20)28)18-9-4-3-5-10-18/h3-14H,15H2,1-2H3,(H,26,27). The van der Waals surface area contributed by atoms with Gasteiger partial charge < -0.3 is 14.5 Å². The molecule has 150 valence electrons. The molecule has 5 heteroatoms. The Kier molecular flexibility index (Phi) is 5.35. The number of ether oxygens (including phenoxy) is 1. The topological polar surface area (TPSA) is 68.5 Å². The van der Waals surface area contributed by atoms with Gasteiger partial charge in [-0.1, -0.05) is 48.5 Å². The molecule has 1 amide bonds. The smallest absolute Gasteiger partial charge is 0.262 e. The lowest BCUT2D eigenvalue weighted by Crippen LogP contribution is -2.20. The first-order valence-corrected chi connectivity index (χ1v) is 9.64. The number of anilines is 1. The van der Waals surface area contributed by atoms with Crippen LogP contribution in [-0.4, -0.2) is 12.5 Å². The molecular weight excluding hydrogens is 378 g/mol. The van der Waals surface area contributed by atoms with Crippen molar-refractivity contribution < 1.29 is 13.9 Å². The highest BCUT2D eigenvalue weighted by Gasteiger charge is 2.14. The molecular formula is C25H21NO4. The molecule has 0 spiro atoms. The number of carbonyl (C=O) groups is 1. The van der Waals surface area contributed by atoms with E-state index in [-0.39, 0.29) is 17.9 Å². The first-order chi connectivity index (χ1) is 14.5. The molecule has 1 aromatic heterocycles. The minimum absolute atomic E-state index is 0.0937. The van der Waals surface area contributed by atoms with Crippen LogP contribution < -0.4 is 15.5 Å². The van der Waals surface area contributed by atoms with Crippen LogP contribution in [0.4, 0.5) is 5.69 Å². The number of carbonyl (C=O) groups excluding carboxylic acids is 1. The largest absolute Gasteiger partial charge is 0.484 e. The van der Waals surface area contributed by atoms with Gasteiger partial charge in [0.25, 0.3) is 5.91 Å². The maximum atomic E-state index is 13.0. The number of aryl methyl sites for hydroxylation is 2. The summed E-state index contributed by atoms with van der Waals surface area (Å²) in [5, 5.41) is 3.29. The van der Waals surface area contributed by atoms with Crippen molar-refractivity contribution in [1.29, 1.82) is 0 Å². The maximum absolute atomic E-state index is 13.0. The van der Waals surface area contributed by atoms with Crippen molar-refractivity contribution in [2.24, 2.45) is 0 Å². The fraction of sp³-hybridized carbons (Fsp3) is 0.120. The van der Waals surface area contributed by atoms with E-state index < -0.39 is 0 Å². The van der Waals surface area contributed by atoms with Gasteiger partial charge in [-0.3, -0.25) is 9.59 Å². The van der Waals surface area contributed by atoms with E-state index >= 15 is 0 Å². The minimum atomic E-state index is -0.263. The zero-order chi connectivity index (χ0) is 21.1. The number of amides is 1. The summed E-state index contributed by atoms with van der Waals surface area (Å²) in [6.07, 6.45) is 0. The van der Waals surface area contributed by atoms with E-state index in [9.17, 15) is 9.59 Å². The molecule has 0 unspecified atom stereocenters. The van der Waals surface area contributed by atoms with Gasteiger partial charge in [-0.2, -0.15) is 0 Å². The van der Waals surface area contributed by atoms with Gasteiger partial charge in [0.2, 0.25) is 5.43 Å². The Morgan fingerprint density at radius 2 is 1.70 bits per heavy atom. The molecule has 1 heterocycles. The fourth-order valence-corrected chi connectivity index (χ4v) is 3.36. The van der Waals surface area contributed by atoms with E-state index in [1.165, 1.54) is 0 Å². The van der Waals surface area contributed by atoms with Crippen LogP contribution in [0.2, 0.25) is 0 Å². The molecule has 0 bridgehead atoms. The summed E-state index contributed by atoms with van der Waals surface area (Å²) in [5.74, 6) is 0.729. The van der Waals surface area contributed by atoms with E-state index in [1.807, 2.05) is 61.5 Å². The van der Waals surface area contributed by atoms with Gasteiger partial charge in [-0.05, 0) is 43.2 Å². The average Bonchev–Trinajstić information content (AvgIpc) is 2.74. The zero-order valence-corrected chi connectivity index (χ0v) is 16.8. The number of rotatable bonds is 5. The molecule has 4 rings (SSSR count). The van der Waals surface area contributed by atoms with Crippen molar-refractivity contribution in [2.75, 3.05) is 11.9 Å². The summed E-state index contributed by atoms with van der Waals surface area (Å²) in [4.78, 5) is 25.2. The molecule has 0 saturated carbocycles. The number of benzene rings is 3. The molecule has 0 atom stereocenters. The molecule has 0 aliphatic rings. The Balaban J connectivity index is 1.55. The van der Waals surface area contributed by atoms with Crippen molar-refractivity contribution in [2.45, 2.75) is 13.8 Å². The third-order valence-electron chi connectivity index (χ3n) is 4.89. The predicted octanol–water partition coefficient (Wildman–Crippen LogP) is 5.09. The number of nitrogens with one attached hydrogen (secondary N) is 1. The van der Waals surface area contributed by atoms with Crippen LogP contribution in [0.25, 0.3) is 22.1 Å². The minimum Gasteiger partial charge on any atom is -0.484 e. The van der Waals surface area contributed by atoms with Crippen molar-refractivity contribution >= 4 is 22.6 Å². The van der Waals surface area contributed by atoms with Crippen LogP contribution in [0.5, 0.6) is 5.75 Å². The fourth-order valence-electron chi connectivity index (χ4n) is 3.36. The van der Waals surface area contributed by atoms with Crippen LogP contribution in [0.3, 0.4) is 0 Å². The van der Waals surface area contributed by atoms with Crippen molar-refractivity contribution in [1.82, 2.24) is 0 Å². The Hall–Kier alpha value is -3.86. The van der Waals surface area contributed by atoms with Crippen molar-refractivity contribution in [3.63, 3.8) is 0 Å². The van der Waals surface area contributed by atoms with Crippen molar-refractivity contribution in [3.8, 4) is 16.9 Å². The lowest BCUT2D eigenvalue weighted by Gasteiger charge is -2.11. The molecule has 1 N–H and O–H groups in total. The van der Waals surface area contributed by atoms with Crippen LogP contribution in [0.15, 0.2) is 82.0 Å². The number of fused-ring (bicyclic) bond motifs is 1. The monoisotopic (exact) mass is 399 g/mol. The number of hydrogen-bond donors (Lipinski definition) is 1. The second-order valence-corrected chi connectivity index (χ2v) is 7.04. The summed E-state index contributed by atoms with van der Waals surface area (Å²) in [5.41, 5.74) is 3.42. The SMILES string of the molecule is Cc1ccccc1NC(=O)COc1ccc2c(=O)c(-c3ccccc3)c(C)oc2c1. The summed E-state index contributed by atoms with van der Waals surface area (Å²) >= 11 is 0. The van der Waals surface area contributed by atoms with Crippen LogP contribution in [-0.2, 0) is 4.79 Å². The summed E-state index contributed by atoms with van der Waals surface area (Å²) in [6, 6.07) is 22.0. The van der Waals surface area contributed by atoms with Crippen LogP contribution >= 0.6 is 0 Å². The third-order valence-corrected chi connectivity index (χ3v) is 4.89. The quantitative estimate of drug-likeness (QED) is 0.507. The lowest BCUT2D eigenvalue weighted by atomic mass is 10.0. The normalized spacial score (nSPS) is 10.7. The van der Waals surface area contributed by atoms with Crippen molar-refractivity contribution in [3.05, 3.63) is 94.3 Å². The van der Waals surface area contributed by atoms with E-state index in [1.54, 1.807) is 25.1 Å². The molecule has 0 radical (unpaired) electrons. The van der Waals surface area contributed by atoms with E-state index in [0.717, 1.165) is 16.8 Å². The second kappa shape index (κ2) is 8.25. The molecule has 0 aliphatic carbocycles. The number of hydrogen-bond acceptors (Lipinski definition) is 4. The van der Waals surface area contributed by atoms with Crippen LogP contribution in [0.1, 0.15) is 11.3 Å².